The van der Waals surface area contributed by atoms with Crippen molar-refractivity contribution in [3.8, 4) is 5.75 Å². The number of rotatable bonds is 8. The van der Waals surface area contributed by atoms with Gasteiger partial charge in [-0.2, -0.15) is 0 Å². The Bertz CT molecular complexity index is 568. The normalized spacial score (nSPS) is 13.0. The van der Waals surface area contributed by atoms with Crippen LogP contribution < -0.4 is 10.1 Å². The molecule has 2 rings (SSSR count). The van der Waals surface area contributed by atoms with Crippen LogP contribution in [0.1, 0.15) is 27.7 Å². The molecule has 1 unspecified atom stereocenters. The van der Waals surface area contributed by atoms with Crippen molar-refractivity contribution in [2.45, 2.75) is 38.9 Å². The average molecular weight is 307 g/mol. The number of hydrogen-bond donors (Lipinski definition) is 2. The first-order valence-corrected chi connectivity index (χ1v) is 8.57. The van der Waals surface area contributed by atoms with Crippen molar-refractivity contribution in [3.63, 3.8) is 0 Å². The SMILES string of the molecule is CCOc1ccc2nc(SCCNC(C)C(C)C)[nH]c2c1. The zero-order valence-corrected chi connectivity index (χ0v) is 14.1. The summed E-state index contributed by atoms with van der Waals surface area (Å²) in [6.45, 7) is 10.4. The maximum atomic E-state index is 5.51. The van der Waals surface area contributed by atoms with Crippen molar-refractivity contribution in [2.75, 3.05) is 18.9 Å². The number of nitrogens with one attached hydrogen (secondary N) is 2. The molecule has 0 saturated carbocycles. The highest BCUT2D eigenvalue weighted by Crippen LogP contribution is 2.23. The summed E-state index contributed by atoms with van der Waals surface area (Å²) in [7, 11) is 0. The lowest BCUT2D eigenvalue weighted by Gasteiger charge is -2.16. The van der Waals surface area contributed by atoms with E-state index in [4.69, 9.17) is 4.74 Å². The molecule has 0 amide bonds. The Hall–Kier alpha value is -1.20. The van der Waals surface area contributed by atoms with Crippen molar-refractivity contribution in [3.05, 3.63) is 18.2 Å². The molecule has 0 aliphatic heterocycles. The standard InChI is InChI=1S/C16H25N3OS/c1-5-20-13-6-7-14-15(10-13)19-16(18-14)21-9-8-17-12(4)11(2)3/h6-7,10-12,17H,5,8-9H2,1-4H3,(H,18,19). The van der Waals surface area contributed by atoms with Gasteiger partial charge in [-0.3, -0.25) is 0 Å². The van der Waals surface area contributed by atoms with Gasteiger partial charge in [0.05, 0.1) is 17.6 Å². The second-order valence-electron chi connectivity index (χ2n) is 5.49. The third kappa shape index (κ3) is 4.64. The molecule has 0 aliphatic carbocycles. The van der Waals surface area contributed by atoms with Crippen LogP contribution in [0.2, 0.25) is 0 Å². The fraction of sp³-hybridized carbons (Fsp3) is 0.562. The molecule has 0 spiro atoms. The minimum absolute atomic E-state index is 0.551. The average Bonchev–Trinajstić information content (AvgIpc) is 2.85. The Labute approximate surface area is 131 Å². The molecule has 0 aliphatic rings. The first-order chi connectivity index (χ1) is 10.1. The Morgan fingerprint density at radius 3 is 2.86 bits per heavy atom. The lowest BCUT2D eigenvalue weighted by Crippen LogP contribution is -2.32. The predicted molar refractivity (Wildman–Crippen MR) is 90.3 cm³/mol. The number of benzene rings is 1. The molecule has 2 aromatic rings. The van der Waals surface area contributed by atoms with E-state index in [0.717, 1.165) is 34.2 Å². The zero-order valence-electron chi connectivity index (χ0n) is 13.3. The number of thioether (sulfide) groups is 1. The summed E-state index contributed by atoms with van der Waals surface area (Å²) in [5.74, 6) is 2.56. The van der Waals surface area contributed by atoms with E-state index in [9.17, 15) is 0 Å². The van der Waals surface area contributed by atoms with Crippen molar-refractivity contribution < 1.29 is 4.74 Å². The highest BCUT2D eigenvalue weighted by molar-refractivity contribution is 7.99. The van der Waals surface area contributed by atoms with Crippen LogP contribution in [0.15, 0.2) is 23.4 Å². The van der Waals surface area contributed by atoms with Crippen LogP contribution in [0.25, 0.3) is 11.0 Å². The van der Waals surface area contributed by atoms with Crippen LogP contribution in [0.5, 0.6) is 5.75 Å². The molecule has 0 bridgehead atoms. The summed E-state index contributed by atoms with van der Waals surface area (Å²) < 4.78 is 5.51. The van der Waals surface area contributed by atoms with E-state index in [1.807, 2.05) is 25.1 Å². The predicted octanol–water partition coefficient (Wildman–Crippen LogP) is 3.69. The van der Waals surface area contributed by atoms with Gasteiger partial charge in [0, 0.05) is 24.4 Å². The third-order valence-corrected chi connectivity index (χ3v) is 4.42. The van der Waals surface area contributed by atoms with Crippen LogP contribution in [0, 0.1) is 5.92 Å². The summed E-state index contributed by atoms with van der Waals surface area (Å²) >= 11 is 1.75. The van der Waals surface area contributed by atoms with Gasteiger partial charge in [0.25, 0.3) is 0 Å². The maximum Gasteiger partial charge on any atom is 0.166 e. The zero-order chi connectivity index (χ0) is 15.2. The molecule has 1 aromatic heterocycles. The molecule has 0 saturated heterocycles. The quantitative estimate of drug-likeness (QED) is 0.577. The van der Waals surface area contributed by atoms with Crippen molar-refractivity contribution in [1.82, 2.24) is 15.3 Å². The van der Waals surface area contributed by atoms with Crippen LogP contribution in [-0.4, -0.2) is 34.9 Å². The molecule has 1 atom stereocenters. The highest BCUT2D eigenvalue weighted by Gasteiger charge is 2.07. The monoisotopic (exact) mass is 307 g/mol. The third-order valence-electron chi connectivity index (χ3n) is 3.55. The summed E-state index contributed by atoms with van der Waals surface area (Å²) in [6, 6.07) is 6.53. The molecule has 5 heteroatoms. The van der Waals surface area contributed by atoms with Gasteiger partial charge in [-0.1, -0.05) is 25.6 Å². The molecule has 0 radical (unpaired) electrons. The fourth-order valence-corrected chi connectivity index (χ4v) is 2.72. The van der Waals surface area contributed by atoms with E-state index >= 15 is 0 Å². The number of aromatic amines is 1. The number of ether oxygens (including phenoxy) is 1. The molecule has 1 aromatic carbocycles. The van der Waals surface area contributed by atoms with Crippen molar-refractivity contribution >= 4 is 22.8 Å². The first-order valence-electron chi connectivity index (χ1n) is 7.59. The van der Waals surface area contributed by atoms with Crippen molar-refractivity contribution in [2.24, 2.45) is 5.92 Å². The fourth-order valence-electron chi connectivity index (χ4n) is 1.96. The van der Waals surface area contributed by atoms with E-state index in [0.29, 0.717) is 18.6 Å². The molecular formula is C16H25N3OS. The number of nitrogens with zero attached hydrogens (tertiary/aromatic N) is 1. The Morgan fingerprint density at radius 2 is 2.14 bits per heavy atom. The smallest absolute Gasteiger partial charge is 0.166 e. The number of fused-ring (bicyclic) bond motifs is 1. The molecule has 116 valence electrons. The van der Waals surface area contributed by atoms with Crippen LogP contribution in [0.4, 0.5) is 0 Å². The summed E-state index contributed by atoms with van der Waals surface area (Å²) in [6.07, 6.45) is 0. The van der Waals surface area contributed by atoms with Crippen LogP contribution in [-0.2, 0) is 0 Å². The van der Waals surface area contributed by atoms with Gasteiger partial charge < -0.3 is 15.0 Å². The van der Waals surface area contributed by atoms with E-state index in [-0.39, 0.29) is 0 Å². The second-order valence-corrected chi connectivity index (χ2v) is 6.57. The molecule has 2 N–H and O–H groups in total. The molecule has 0 fully saturated rings. The topological polar surface area (TPSA) is 49.9 Å². The highest BCUT2D eigenvalue weighted by atomic mass is 32.2. The number of aromatic nitrogens is 2. The Kier molecular flexibility index (Phi) is 5.94. The van der Waals surface area contributed by atoms with Crippen molar-refractivity contribution in [1.29, 1.82) is 0 Å². The minimum Gasteiger partial charge on any atom is -0.494 e. The minimum atomic E-state index is 0.551. The Morgan fingerprint density at radius 1 is 1.33 bits per heavy atom. The van der Waals surface area contributed by atoms with E-state index in [1.165, 1.54) is 0 Å². The summed E-state index contributed by atoms with van der Waals surface area (Å²) in [5.41, 5.74) is 2.02. The van der Waals surface area contributed by atoms with Gasteiger partial charge in [-0.25, -0.2) is 4.98 Å². The van der Waals surface area contributed by atoms with E-state index in [1.54, 1.807) is 11.8 Å². The number of hydrogen-bond acceptors (Lipinski definition) is 4. The van der Waals surface area contributed by atoms with Crippen LogP contribution >= 0.6 is 11.8 Å². The number of imidazole rings is 1. The first kappa shape index (κ1) is 16.2. The number of H-pyrrole nitrogens is 1. The van der Waals surface area contributed by atoms with Gasteiger partial charge in [-0.15, -0.1) is 0 Å². The van der Waals surface area contributed by atoms with Gasteiger partial charge in [-0.05, 0) is 31.9 Å². The maximum absolute atomic E-state index is 5.51. The van der Waals surface area contributed by atoms with Gasteiger partial charge >= 0.3 is 0 Å². The van der Waals surface area contributed by atoms with Gasteiger partial charge in [0.2, 0.25) is 0 Å². The summed E-state index contributed by atoms with van der Waals surface area (Å²) in [4.78, 5) is 7.94. The molecule has 1 heterocycles. The second kappa shape index (κ2) is 7.71. The summed E-state index contributed by atoms with van der Waals surface area (Å²) in [5, 5.41) is 4.50. The Balaban J connectivity index is 1.88. The largest absolute Gasteiger partial charge is 0.494 e. The van der Waals surface area contributed by atoms with Gasteiger partial charge in [0.15, 0.2) is 5.16 Å². The lowest BCUT2D eigenvalue weighted by atomic mass is 10.1. The van der Waals surface area contributed by atoms with Gasteiger partial charge in [0.1, 0.15) is 5.75 Å². The van der Waals surface area contributed by atoms with Crippen LogP contribution in [0.3, 0.4) is 0 Å². The molecule has 21 heavy (non-hydrogen) atoms. The molecule has 4 nitrogen and oxygen atoms in total. The molecular weight excluding hydrogens is 282 g/mol. The van der Waals surface area contributed by atoms with E-state index < -0.39 is 0 Å². The lowest BCUT2D eigenvalue weighted by molar-refractivity contribution is 0.340. The van der Waals surface area contributed by atoms with E-state index in [2.05, 4.69) is 36.1 Å².